The lowest BCUT2D eigenvalue weighted by atomic mass is 10.1. The second-order valence-electron chi connectivity index (χ2n) is 4.87. The summed E-state index contributed by atoms with van der Waals surface area (Å²) in [6, 6.07) is 5.80. The van der Waals surface area contributed by atoms with Crippen molar-refractivity contribution >= 4 is 40.9 Å². The van der Waals surface area contributed by atoms with Gasteiger partial charge in [0.2, 0.25) is 5.91 Å². The summed E-state index contributed by atoms with van der Waals surface area (Å²) >= 11 is 14.0. The Kier molecular flexibility index (Phi) is 3.94. The van der Waals surface area contributed by atoms with E-state index in [4.69, 9.17) is 23.2 Å². The van der Waals surface area contributed by atoms with Crippen molar-refractivity contribution in [3.63, 3.8) is 0 Å². The van der Waals surface area contributed by atoms with Crippen molar-refractivity contribution in [3.05, 3.63) is 33.8 Å². The van der Waals surface area contributed by atoms with Gasteiger partial charge in [-0.05, 0) is 18.1 Å². The highest BCUT2D eigenvalue weighted by atomic mass is 35.5. The molecule has 19 heavy (non-hydrogen) atoms. The number of nitrogens with one attached hydrogen (secondary N) is 2. The van der Waals surface area contributed by atoms with E-state index in [0.29, 0.717) is 16.0 Å². The molecule has 2 fully saturated rings. The monoisotopic (exact) mass is 316 g/mol. The van der Waals surface area contributed by atoms with Crippen LogP contribution in [-0.4, -0.2) is 29.6 Å². The Hall–Kier alpha value is -0.420. The molecule has 6 heteroatoms. The van der Waals surface area contributed by atoms with Crippen LogP contribution < -0.4 is 10.6 Å². The molecule has 1 amide bonds. The number of thioether (sulfide) groups is 1. The summed E-state index contributed by atoms with van der Waals surface area (Å²) in [7, 11) is 0. The van der Waals surface area contributed by atoms with Gasteiger partial charge in [-0.2, -0.15) is 0 Å². The smallest absolute Gasteiger partial charge is 0.238 e. The summed E-state index contributed by atoms with van der Waals surface area (Å²) in [6.07, 6.45) is 0.936. The third-order valence-corrected chi connectivity index (χ3v) is 5.31. The summed E-state index contributed by atoms with van der Waals surface area (Å²) in [5.74, 6) is 2.09. The van der Waals surface area contributed by atoms with Gasteiger partial charge in [0.25, 0.3) is 0 Å². The zero-order valence-corrected chi connectivity index (χ0v) is 12.5. The molecule has 1 heterocycles. The second-order valence-corrected chi connectivity index (χ2v) is 6.69. The molecule has 102 valence electrons. The molecule has 1 aliphatic carbocycles. The molecular weight excluding hydrogens is 303 g/mol. The summed E-state index contributed by atoms with van der Waals surface area (Å²) in [5, 5.41) is 7.43. The minimum Gasteiger partial charge on any atom is -0.351 e. The van der Waals surface area contributed by atoms with Gasteiger partial charge in [-0.25, -0.2) is 0 Å². The number of hydrogen-bond acceptors (Lipinski definition) is 3. The fraction of sp³-hybridized carbons (Fsp3) is 0.462. The predicted molar refractivity (Wildman–Crippen MR) is 80.0 cm³/mol. The van der Waals surface area contributed by atoms with Gasteiger partial charge in [-0.1, -0.05) is 35.3 Å². The first-order valence-electron chi connectivity index (χ1n) is 6.22. The van der Waals surface area contributed by atoms with E-state index in [1.165, 1.54) is 0 Å². The zero-order chi connectivity index (χ0) is 13.4. The minimum atomic E-state index is -0.0546. The molecule has 2 aliphatic rings. The Bertz CT molecular complexity index is 505. The molecule has 2 unspecified atom stereocenters. The van der Waals surface area contributed by atoms with Crippen LogP contribution in [0.4, 0.5) is 0 Å². The number of rotatable bonds is 3. The average molecular weight is 317 g/mol. The summed E-state index contributed by atoms with van der Waals surface area (Å²) < 4.78 is 0. The molecular formula is C13H14Cl2N2OS. The first kappa shape index (κ1) is 13.6. The van der Waals surface area contributed by atoms with E-state index in [0.717, 1.165) is 23.6 Å². The van der Waals surface area contributed by atoms with E-state index in [-0.39, 0.29) is 18.0 Å². The Morgan fingerprint density at radius 3 is 3.00 bits per heavy atom. The first-order valence-corrected chi connectivity index (χ1v) is 8.13. The molecule has 1 saturated carbocycles. The van der Waals surface area contributed by atoms with Crippen LogP contribution in [0.1, 0.15) is 17.9 Å². The lowest BCUT2D eigenvalue weighted by Crippen LogP contribution is -2.43. The van der Waals surface area contributed by atoms with Gasteiger partial charge in [0, 0.05) is 23.6 Å². The van der Waals surface area contributed by atoms with Gasteiger partial charge >= 0.3 is 0 Å². The highest BCUT2D eigenvalue weighted by molar-refractivity contribution is 7.99. The SMILES string of the molecule is O=C(NC1CC1c1cccc(Cl)c1Cl)[C@H]1CSCN1. The Labute approximate surface area is 126 Å². The Balaban J connectivity index is 1.61. The van der Waals surface area contributed by atoms with Crippen LogP contribution in [0.3, 0.4) is 0 Å². The number of carbonyl (C=O) groups excluding carboxylic acids is 1. The third kappa shape index (κ3) is 2.87. The molecule has 0 spiro atoms. The topological polar surface area (TPSA) is 41.1 Å². The van der Waals surface area contributed by atoms with Gasteiger partial charge in [-0.3, -0.25) is 10.1 Å². The Morgan fingerprint density at radius 2 is 2.26 bits per heavy atom. The molecule has 1 saturated heterocycles. The van der Waals surface area contributed by atoms with Gasteiger partial charge in [0.1, 0.15) is 0 Å². The summed E-state index contributed by atoms with van der Waals surface area (Å²) in [6.45, 7) is 0. The molecule has 2 N–H and O–H groups in total. The van der Waals surface area contributed by atoms with Gasteiger partial charge < -0.3 is 5.32 Å². The molecule has 3 rings (SSSR count). The van der Waals surface area contributed by atoms with Crippen LogP contribution >= 0.6 is 35.0 Å². The van der Waals surface area contributed by atoms with E-state index < -0.39 is 0 Å². The van der Waals surface area contributed by atoms with Crippen LogP contribution in [0.5, 0.6) is 0 Å². The van der Waals surface area contributed by atoms with Crippen molar-refractivity contribution in [2.45, 2.75) is 24.4 Å². The largest absolute Gasteiger partial charge is 0.351 e. The van der Waals surface area contributed by atoms with Crippen molar-refractivity contribution in [1.82, 2.24) is 10.6 Å². The maximum absolute atomic E-state index is 12.0. The molecule has 3 atom stereocenters. The van der Waals surface area contributed by atoms with Crippen molar-refractivity contribution in [3.8, 4) is 0 Å². The van der Waals surface area contributed by atoms with E-state index in [1.807, 2.05) is 12.1 Å². The van der Waals surface area contributed by atoms with Crippen LogP contribution in [0.2, 0.25) is 10.0 Å². The van der Waals surface area contributed by atoms with Crippen molar-refractivity contribution in [2.75, 3.05) is 11.6 Å². The second kappa shape index (κ2) is 5.52. The van der Waals surface area contributed by atoms with E-state index in [9.17, 15) is 4.79 Å². The minimum absolute atomic E-state index is 0.0546. The summed E-state index contributed by atoms with van der Waals surface area (Å²) in [5.41, 5.74) is 1.04. The third-order valence-electron chi connectivity index (χ3n) is 3.53. The van der Waals surface area contributed by atoms with Crippen molar-refractivity contribution < 1.29 is 4.79 Å². The maximum atomic E-state index is 12.0. The molecule has 3 nitrogen and oxygen atoms in total. The molecule has 0 bridgehead atoms. The summed E-state index contributed by atoms with van der Waals surface area (Å²) in [4.78, 5) is 12.0. The standard InChI is InChI=1S/C13H14Cl2N2OS/c14-9-3-1-2-7(12(9)15)8-4-10(8)17-13(18)11-5-19-6-16-11/h1-3,8,10-11,16H,4-6H2,(H,17,18)/t8?,10?,11-/m1/s1. The lowest BCUT2D eigenvalue weighted by Gasteiger charge is -2.11. The first-order chi connectivity index (χ1) is 9.16. The molecule has 1 aromatic rings. The average Bonchev–Trinajstić information content (AvgIpc) is 2.93. The van der Waals surface area contributed by atoms with Crippen LogP contribution in [0.15, 0.2) is 18.2 Å². The molecule has 0 radical (unpaired) electrons. The van der Waals surface area contributed by atoms with E-state index in [2.05, 4.69) is 10.6 Å². The molecule has 0 aromatic heterocycles. The van der Waals surface area contributed by atoms with Gasteiger partial charge in [0.05, 0.1) is 16.1 Å². The van der Waals surface area contributed by atoms with Crippen molar-refractivity contribution in [1.29, 1.82) is 0 Å². The quantitative estimate of drug-likeness (QED) is 0.900. The predicted octanol–water partition coefficient (Wildman–Crippen LogP) is 2.63. The highest BCUT2D eigenvalue weighted by Crippen LogP contribution is 2.45. The Morgan fingerprint density at radius 1 is 1.42 bits per heavy atom. The molecule has 1 aromatic carbocycles. The number of carbonyl (C=O) groups is 1. The molecule has 1 aliphatic heterocycles. The fourth-order valence-electron chi connectivity index (χ4n) is 2.35. The maximum Gasteiger partial charge on any atom is 0.238 e. The van der Waals surface area contributed by atoms with Crippen LogP contribution in [-0.2, 0) is 4.79 Å². The van der Waals surface area contributed by atoms with Crippen LogP contribution in [0, 0.1) is 0 Å². The van der Waals surface area contributed by atoms with Crippen LogP contribution in [0.25, 0.3) is 0 Å². The number of halogens is 2. The number of hydrogen-bond donors (Lipinski definition) is 2. The number of amides is 1. The number of benzene rings is 1. The van der Waals surface area contributed by atoms with Gasteiger partial charge in [0.15, 0.2) is 0 Å². The fourth-order valence-corrected chi connectivity index (χ4v) is 3.74. The van der Waals surface area contributed by atoms with Gasteiger partial charge in [-0.15, -0.1) is 11.8 Å². The zero-order valence-electron chi connectivity index (χ0n) is 10.2. The van der Waals surface area contributed by atoms with Crippen molar-refractivity contribution in [2.24, 2.45) is 0 Å². The van der Waals surface area contributed by atoms with E-state index in [1.54, 1.807) is 17.8 Å². The highest BCUT2D eigenvalue weighted by Gasteiger charge is 2.42. The van der Waals surface area contributed by atoms with E-state index >= 15 is 0 Å². The normalized spacial score (nSPS) is 29.3. The lowest BCUT2D eigenvalue weighted by molar-refractivity contribution is -0.122.